The molecule has 0 radical (unpaired) electrons. The number of fused-ring (bicyclic) bond motifs is 6. The van der Waals surface area contributed by atoms with Crippen molar-refractivity contribution < 1.29 is 0 Å². The molecule has 22 heavy (non-hydrogen) atoms. The van der Waals surface area contributed by atoms with E-state index in [4.69, 9.17) is 4.98 Å². The zero-order chi connectivity index (χ0) is 15.0. The van der Waals surface area contributed by atoms with Gasteiger partial charge in [0.1, 0.15) is 0 Å². The predicted molar refractivity (Wildman–Crippen MR) is 90.4 cm³/mol. The highest BCUT2D eigenvalue weighted by molar-refractivity contribution is 6.01. The first kappa shape index (κ1) is 11.9. The molecular weight excluding hydrogens is 272 g/mol. The SMILES string of the molecule is Cc1c2c(ccn2C)cc2c1n(C)c1nc3ccccc3n21. The van der Waals surface area contributed by atoms with Gasteiger partial charge in [-0.05, 0) is 36.8 Å². The molecule has 0 unspecified atom stereocenters. The van der Waals surface area contributed by atoms with E-state index in [0.29, 0.717) is 0 Å². The van der Waals surface area contributed by atoms with Crippen LogP contribution in [0.4, 0.5) is 0 Å². The first-order chi connectivity index (χ1) is 10.7. The van der Waals surface area contributed by atoms with Gasteiger partial charge in [-0.15, -0.1) is 0 Å². The molecule has 0 aliphatic heterocycles. The number of aromatic nitrogens is 4. The summed E-state index contributed by atoms with van der Waals surface area (Å²) in [5, 5.41) is 1.28. The van der Waals surface area contributed by atoms with Crippen molar-refractivity contribution in [2.24, 2.45) is 14.1 Å². The minimum atomic E-state index is 0.995. The summed E-state index contributed by atoms with van der Waals surface area (Å²) in [6, 6.07) is 12.8. The molecule has 0 bridgehead atoms. The van der Waals surface area contributed by atoms with Crippen LogP contribution in [0.2, 0.25) is 0 Å². The molecule has 2 aromatic carbocycles. The molecule has 0 aliphatic rings. The highest BCUT2D eigenvalue weighted by Crippen LogP contribution is 2.32. The summed E-state index contributed by atoms with van der Waals surface area (Å²) in [7, 11) is 4.20. The first-order valence-electron chi connectivity index (χ1n) is 7.47. The number of hydrogen-bond donors (Lipinski definition) is 0. The largest absolute Gasteiger partial charge is 0.350 e. The van der Waals surface area contributed by atoms with Gasteiger partial charge in [-0.25, -0.2) is 4.98 Å². The number of nitrogens with zero attached hydrogens (tertiary/aromatic N) is 4. The molecule has 3 aromatic heterocycles. The molecule has 108 valence electrons. The molecule has 0 spiro atoms. The summed E-state index contributed by atoms with van der Waals surface area (Å²) >= 11 is 0. The Labute approximate surface area is 127 Å². The van der Waals surface area contributed by atoms with E-state index >= 15 is 0 Å². The van der Waals surface area contributed by atoms with Crippen molar-refractivity contribution in [3.8, 4) is 0 Å². The van der Waals surface area contributed by atoms with Crippen LogP contribution in [-0.2, 0) is 14.1 Å². The Morgan fingerprint density at radius 2 is 1.77 bits per heavy atom. The normalized spacial score (nSPS) is 12.3. The Hall–Kier alpha value is -2.75. The van der Waals surface area contributed by atoms with Crippen molar-refractivity contribution in [1.29, 1.82) is 0 Å². The van der Waals surface area contributed by atoms with Gasteiger partial charge in [0.25, 0.3) is 0 Å². The second-order valence-corrected chi connectivity index (χ2v) is 6.03. The molecule has 5 rings (SSSR count). The zero-order valence-corrected chi connectivity index (χ0v) is 12.8. The lowest BCUT2D eigenvalue weighted by Gasteiger charge is -2.05. The number of rotatable bonds is 0. The van der Waals surface area contributed by atoms with Crippen LogP contribution in [0.1, 0.15) is 5.56 Å². The molecule has 3 heterocycles. The molecule has 5 aromatic rings. The summed E-state index contributed by atoms with van der Waals surface area (Å²) in [6.07, 6.45) is 2.12. The van der Waals surface area contributed by atoms with E-state index in [9.17, 15) is 0 Å². The fourth-order valence-electron chi connectivity index (χ4n) is 3.84. The van der Waals surface area contributed by atoms with E-state index in [1.807, 2.05) is 6.07 Å². The van der Waals surface area contributed by atoms with Gasteiger partial charge in [0.15, 0.2) is 0 Å². The van der Waals surface area contributed by atoms with Gasteiger partial charge in [-0.2, -0.15) is 0 Å². The minimum absolute atomic E-state index is 0.995. The van der Waals surface area contributed by atoms with Crippen LogP contribution >= 0.6 is 0 Å². The van der Waals surface area contributed by atoms with Gasteiger partial charge in [0.05, 0.1) is 27.6 Å². The van der Waals surface area contributed by atoms with Gasteiger partial charge >= 0.3 is 0 Å². The Morgan fingerprint density at radius 3 is 2.64 bits per heavy atom. The Morgan fingerprint density at radius 1 is 0.955 bits per heavy atom. The van der Waals surface area contributed by atoms with Gasteiger partial charge in [0, 0.05) is 25.7 Å². The fraction of sp³-hybridized carbons (Fsp3) is 0.167. The summed E-state index contributed by atoms with van der Waals surface area (Å²) in [6.45, 7) is 2.20. The summed E-state index contributed by atoms with van der Waals surface area (Å²) in [5.74, 6) is 0.995. The molecule has 0 atom stereocenters. The van der Waals surface area contributed by atoms with E-state index in [1.54, 1.807) is 0 Å². The second kappa shape index (κ2) is 3.71. The van der Waals surface area contributed by atoms with Crippen LogP contribution in [0.25, 0.3) is 38.7 Å². The van der Waals surface area contributed by atoms with Crippen LogP contribution < -0.4 is 0 Å². The molecule has 0 amide bonds. The summed E-state index contributed by atoms with van der Waals surface area (Å²) in [5.41, 5.74) is 7.28. The fourth-order valence-corrected chi connectivity index (χ4v) is 3.84. The lowest BCUT2D eigenvalue weighted by Crippen LogP contribution is -1.94. The first-order valence-corrected chi connectivity index (χ1v) is 7.47. The highest BCUT2D eigenvalue weighted by atomic mass is 15.2. The third-order valence-electron chi connectivity index (χ3n) is 4.77. The van der Waals surface area contributed by atoms with Crippen LogP contribution in [0.5, 0.6) is 0 Å². The van der Waals surface area contributed by atoms with E-state index in [2.05, 4.69) is 71.1 Å². The zero-order valence-electron chi connectivity index (χ0n) is 12.8. The number of hydrogen-bond acceptors (Lipinski definition) is 1. The van der Waals surface area contributed by atoms with E-state index < -0.39 is 0 Å². The van der Waals surface area contributed by atoms with Gasteiger partial charge in [-0.3, -0.25) is 4.40 Å². The molecule has 4 heteroatoms. The van der Waals surface area contributed by atoms with Crippen molar-refractivity contribution >= 4 is 38.7 Å². The molecule has 0 saturated heterocycles. The number of imidazole rings is 2. The van der Waals surface area contributed by atoms with Gasteiger partial charge in [0.2, 0.25) is 5.78 Å². The maximum Gasteiger partial charge on any atom is 0.215 e. The summed E-state index contributed by atoms with van der Waals surface area (Å²) in [4.78, 5) is 4.81. The Kier molecular flexibility index (Phi) is 2.00. The van der Waals surface area contributed by atoms with E-state index in [-0.39, 0.29) is 0 Å². The summed E-state index contributed by atoms with van der Waals surface area (Å²) < 4.78 is 6.67. The average molecular weight is 288 g/mol. The second-order valence-electron chi connectivity index (χ2n) is 6.03. The van der Waals surface area contributed by atoms with E-state index in [1.165, 1.54) is 27.5 Å². The van der Waals surface area contributed by atoms with Crippen LogP contribution in [0.3, 0.4) is 0 Å². The monoisotopic (exact) mass is 288 g/mol. The molecule has 0 fully saturated rings. The smallest absolute Gasteiger partial charge is 0.215 e. The number of para-hydroxylation sites is 2. The molecule has 4 nitrogen and oxygen atoms in total. The number of benzene rings is 2. The minimum Gasteiger partial charge on any atom is -0.350 e. The van der Waals surface area contributed by atoms with Crippen molar-refractivity contribution in [3.63, 3.8) is 0 Å². The van der Waals surface area contributed by atoms with Crippen LogP contribution in [0, 0.1) is 6.92 Å². The van der Waals surface area contributed by atoms with Crippen LogP contribution in [0.15, 0.2) is 42.6 Å². The van der Waals surface area contributed by atoms with Crippen molar-refractivity contribution in [3.05, 3.63) is 48.2 Å². The Bertz CT molecular complexity index is 1200. The number of aryl methyl sites for hydroxylation is 3. The standard InChI is InChI=1S/C18H16N4/c1-11-16-12(8-9-20(16)2)10-15-17(11)21(3)18-19-13-6-4-5-7-14(13)22(15)18/h4-10H,1-3H3. The molecule has 0 N–H and O–H groups in total. The van der Waals surface area contributed by atoms with E-state index in [0.717, 1.165) is 16.8 Å². The third-order valence-corrected chi connectivity index (χ3v) is 4.77. The maximum atomic E-state index is 4.81. The third kappa shape index (κ3) is 1.21. The predicted octanol–water partition coefficient (Wildman–Crippen LogP) is 3.78. The maximum absolute atomic E-state index is 4.81. The molecular formula is C18H16N4. The Balaban J connectivity index is 2.15. The topological polar surface area (TPSA) is 27.2 Å². The quantitative estimate of drug-likeness (QED) is 0.426. The van der Waals surface area contributed by atoms with Crippen LogP contribution in [-0.4, -0.2) is 18.5 Å². The van der Waals surface area contributed by atoms with Crippen molar-refractivity contribution in [2.75, 3.05) is 0 Å². The van der Waals surface area contributed by atoms with Crippen molar-refractivity contribution in [2.45, 2.75) is 6.92 Å². The van der Waals surface area contributed by atoms with Gasteiger partial charge < -0.3 is 9.13 Å². The lowest BCUT2D eigenvalue weighted by molar-refractivity contribution is 0.953. The highest BCUT2D eigenvalue weighted by Gasteiger charge is 2.17. The van der Waals surface area contributed by atoms with Crippen molar-refractivity contribution in [1.82, 2.24) is 18.5 Å². The van der Waals surface area contributed by atoms with Gasteiger partial charge in [-0.1, -0.05) is 12.1 Å². The molecule has 0 saturated carbocycles. The lowest BCUT2D eigenvalue weighted by atomic mass is 10.1. The molecule has 0 aliphatic carbocycles. The average Bonchev–Trinajstić information content (AvgIpc) is 3.14.